The molecule has 0 aliphatic heterocycles. The lowest BCUT2D eigenvalue weighted by Gasteiger charge is -2.38. The van der Waals surface area contributed by atoms with Gasteiger partial charge >= 0.3 is 0 Å². The normalized spacial score (nSPS) is 27.0. The predicted octanol–water partition coefficient (Wildman–Crippen LogP) is 9.32. The van der Waals surface area contributed by atoms with Crippen LogP contribution in [0.2, 0.25) is 0 Å². The summed E-state index contributed by atoms with van der Waals surface area (Å²) >= 11 is 0. The third kappa shape index (κ3) is 6.80. The summed E-state index contributed by atoms with van der Waals surface area (Å²) in [6.45, 7) is 4.06. The fourth-order valence-electron chi connectivity index (χ4n) is 5.98. The van der Waals surface area contributed by atoms with Crippen LogP contribution in [-0.2, 0) is 0 Å². The molecule has 0 spiro atoms. The quantitative estimate of drug-likeness (QED) is 0.264. The van der Waals surface area contributed by atoms with E-state index in [1.807, 2.05) is 0 Å². The summed E-state index contributed by atoms with van der Waals surface area (Å²) in [4.78, 5) is 0. The van der Waals surface area contributed by atoms with Crippen LogP contribution < -0.4 is 4.74 Å². The fourth-order valence-corrected chi connectivity index (χ4v) is 5.98. The third-order valence-corrected chi connectivity index (χ3v) is 7.89. The van der Waals surface area contributed by atoms with Gasteiger partial charge in [0, 0.05) is 0 Å². The lowest BCUT2D eigenvalue weighted by atomic mass is 9.68. The van der Waals surface area contributed by atoms with E-state index in [1.54, 1.807) is 25.1 Å². The number of halogens is 2. The van der Waals surface area contributed by atoms with E-state index in [9.17, 15) is 8.78 Å². The van der Waals surface area contributed by atoms with Crippen LogP contribution in [0, 0.1) is 29.4 Å². The van der Waals surface area contributed by atoms with Crippen molar-refractivity contribution in [2.24, 2.45) is 17.8 Å². The molecule has 174 valence electrons. The minimum atomic E-state index is -0.856. The SMILES string of the molecule is C/C=C\Oc1ccc(C2CCC(C3CCC(CCCCCCC)CC3)CC2)c(F)c1F. The second kappa shape index (κ2) is 12.6. The van der Waals surface area contributed by atoms with Crippen molar-refractivity contribution in [3.63, 3.8) is 0 Å². The van der Waals surface area contributed by atoms with Crippen LogP contribution in [0.1, 0.15) is 115 Å². The van der Waals surface area contributed by atoms with E-state index >= 15 is 0 Å². The average Bonchev–Trinajstić information content (AvgIpc) is 2.80. The van der Waals surface area contributed by atoms with Crippen LogP contribution in [0.25, 0.3) is 0 Å². The Kier molecular flexibility index (Phi) is 9.87. The van der Waals surface area contributed by atoms with Gasteiger partial charge in [-0.25, -0.2) is 4.39 Å². The average molecular weight is 433 g/mol. The molecule has 0 heterocycles. The topological polar surface area (TPSA) is 9.23 Å². The molecule has 3 heteroatoms. The number of hydrogen-bond acceptors (Lipinski definition) is 1. The lowest BCUT2D eigenvalue weighted by molar-refractivity contribution is 0.155. The summed E-state index contributed by atoms with van der Waals surface area (Å²) in [6, 6.07) is 3.30. The standard InChI is InChI=1S/C28H42F2O/c1-3-5-6-7-8-9-21-10-12-22(13-11-21)23-14-16-24(17-15-23)25-18-19-26(31-20-4-2)28(30)27(25)29/h4,18-24H,3,5-17H2,1-2H3/b20-4-. The van der Waals surface area contributed by atoms with E-state index in [0.29, 0.717) is 5.56 Å². The maximum Gasteiger partial charge on any atom is 0.201 e. The predicted molar refractivity (Wildman–Crippen MR) is 125 cm³/mol. The third-order valence-electron chi connectivity index (χ3n) is 7.89. The van der Waals surface area contributed by atoms with Gasteiger partial charge in [-0.3, -0.25) is 0 Å². The number of unbranched alkanes of at least 4 members (excludes halogenated alkanes) is 4. The first-order valence-corrected chi connectivity index (χ1v) is 12.9. The highest BCUT2D eigenvalue weighted by molar-refractivity contribution is 5.33. The van der Waals surface area contributed by atoms with Gasteiger partial charge in [0.2, 0.25) is 5.82 Å². The van der Waals surface area contributed by atoms with Crippen molar-refractivity contribution in [1.82, 2.24) is 0 Å². The summed E-state index contributed by atoms with van der Waals surface area (Å²) in [7, 11) is 0. The van der Waals surface area contributed by atoms with Crippen molar-refractivity contribution in [1.29, 1.82) is 0 Å². The van der Waals surface area contributed by atoms with E-state index in [4.69, 9.17) is 4.74 Å². The Morgan fingerprint density at radius 2 is 1.48 bits per heavy atom. The van der Waals surface area contributed by atoms with Gasteiger partial charge in [-0.2, -0.15) is 4.39 Å². The summed E-state index contributed by atoms with van der Waals surface area (Å²) in [5.41, 5.74) is 0.538. The number of benzene rings is 1. The Morgan fingerprint density at radius 1 is 0.839 bits per heavy atom. The molecule has 3 rings (SSSR count). The molecule has 2 fully saturated rings. The summed E-state index contributed by atoms with van der Waals surface area (Å²) in [5, 5.41) is 0. The van der Waals surface area contributed by atoms with Crippen LogP contribution in [0.5, 0.6) is 5.75 Å². The zero-order chi connectivity index (χ0) is 22.1. The van der Waals surface area contributed by atoms with Crippen molar-refractivity contribution in [2.75, 3.05) is 0 Å². The van der Waals surface area contributed by atoms with Crippen molar-refractivity contribution < 1.29 is 13.5 Å². The van der Waals surface area contributed by atoms with Gasteiger partial charge in [0.15, 0.2) is 11.6 Å². The molecule has 0 unspecified atom stereocenters. The van der Waals surface area contributed by atoms with Crippen LogP contribution in [0.15, 0.2) is 24.5 Å². The first-order chi connectivity index (χ1) is 15.1. The molecule has 0 aromatic heterocycles. The fraction of sp³-hybridized carbons (Fsp3) is 0.714. The molecule has 0 N–H and O–H groups in total. The number of hydrogen-bond donors (Lipinski definition) is 0. The lowest BCUT2D eigenvalue weighted by Crippen LogP contribution is -2.25. The molecule has 1 nitrogen and oxygen atoms in total. The Labute approximate surface area is 188 Å². The molecule has 2 saturated carbocycles. The minimum absolute atomic E-state index is 0.0323. The van der Waals surface area contributed by atoms with E-state index in [2.05, 4.69) is 6.92 Å². The largest absolute Gasteiger partial charge is 0.462 e. The summed E-state index contributed by atoms with van der Waals surface area (Å²) < 4.78 is 34.2. The van der Waals surface area contributed by atoms with Crippen LogP contribution in [0.4, 0.5) is 8.78 Å². The summed E-state index contributed by atoms with van der Waals surface area (Å²) in [6.07, 6.45) is 21.3. The van der Waals surface area contributed by atoms with Crippen LogP contribution in [0.3, 0.4) is 0 Å². The monoisotopic (exact) mass is 432 g/mol. The van der Waals surface area contributed by atoms with Crippen LogP contribution >= 0.6 is 0 Å². The number of rotatable bonds is 10. The molecule has 31 heavy (non-hydrogen) atoms. The van der Waals surface area contributed by atoms with Crippen molar-refractivity contribution in [2.45, 2.75) is 110 Å². The smallest absolute Gasteiger partial charge is 0.201 e. The number of allylic oxidation sites excluding steroid dienone is 1. The molecular formula is C28H42F2O. The molecule has 0 atom stereocenters. The van der Waals surface area contributed by atoms with Crippen molar-refractivity contribution in [3.8, 4) is 5.75 Å². The molecule has 0 radical (unpaired) electrons. The van der Waals surface area contributed by atoms with Crippen LogP contribution in [-0.4, -0.2) is 0 Å². The van der Waals surface area contributed by atoms with Crippen molar-refractivity contribution >= 4 is 0 Å². The van der Waals surface area contributed by atoms with Gasteiger partial charge in [-0.05, 0) is 80.8 Å². The zero-order valence-corrected chi connectivity index (χ0v) is 19.7. The molecule has 2 aliphatic rings. The Hall–Kier alpha value is -1.38. The molecular weight excluding hydrogens is 390 g/mol. The van der Waals surface area contributed by atoms with E-state index in [0.717, 1.165) is 43.4 Å². The zero-order valence-electron chi connectivity index (χ0n) is 19.7. The molecule has 1 aromatic carbocycles. The Balaban J connectivity index is 1.43. The maximum atomic E-state index is 14.7. The molecule has 0 bridgehead atoms. The highest BCUT2D eigenvalue weighted by Gasteiger charge is 2.32. The van der Waals surface area contributed by atoms with Crippen molar-refractivity contribution in [3.05, 3.63) is 41.7 Å². The highest BCUT2D eigenvalue weighted by atomic mass is 19.2. The first-order valence-electron chi connectivity index (χ1n) is 12.9. The van der Waals surface area contributed by atoms with Gasteiger partial charge in [-0.1, -0.05) is 70.4 Å². The van der Waals surface area contributed by atoms with Gasteiger partial charge in [0.1, 0.15) is 0 Å². The number of ether oxygens (including phenoxy) is 1. The van der Waals surface area contributed by atoms with Gasteiger partial charge in [-0.15, -0.1) is 0 Å². The minimum Gasteiger partial charge on any atom is -0.462 e. The van der Waals surface area contributed by atoms with E-state index in [1.165, 1.54) is 70.5 Å². The van der Waals surface area contributed by atoms with Gasteiger partial charge in [0.05, 0.1) is 6.26 Å². The molecule has 2 aliphatic carbocycles. The second-order valence-electron chi connectivity index (χ2n) is 9.96. The Bertz CT molecular complexity index is 682. The maximum absolute atomic E-state index is 14.7. The van der Waals surface area contributed by atoms with E-state index < -0.39 is 11.6 Å². The molecule has 0 saturated heterocycles. The molecule has 1 aromatic rings. The second-order valence-corrected chi connectivity index (χ2v) is 9.96. The first kappa shape index (κ1) is 24.3. The van der Waals surface area contributed by atoms with Gasteiger partial charge in [0.25, 0.3) is 0 Å². The van der Waals surface area contributed by atoms with Gasteiger partial charge < -0.3 is 4.74 Å². The molecule has 0 amide bonds. The Morgan fingerprint density at radius 3 is 2.13 bits per heavy atom. The highest BCUT2D eigenvalue weighted by Crippen LogP contribution is 2.45. The van der Waals surface area contributed by atoms with E-state index in [-0.39, 0.29) is 11.7 Å². The summed E-state index contributed by atoms with van der Waals surface area (Å²) in [5.74, 6) is 1.13.